The van der Waals surface area contributed by atoms with Gasteiger partial charge in [-0.1, -0.05) is 24.6 Å². The quantitative estimate of drug-likeness (QED) is 0.651. The molecule has 1 atom stereocenters. The molecule has 1 aliphatic heterocycles. The van der Waals surface area contributed by atoms with E-state index in [1.807, 2.05) is 53.4 Å². The normalized spacial score (nSPS) is 19.0. The predicted molar refractivity (Wildman–Crippen MR) is 121 cm³/mol. The maximum Gasteiger partial charge on any atom is 0.225 e. The largest absolute Gasteiger partial charge is 0.342 e. The highest BCUT2D eigenvalue weighted by Gasteiger charge is 2.33. The van der Waals surface area contributed by atoms with Crippen molar-refractivity contribution < 1.29 is 4.79 Å². The van der Waals surface area contributed by atoms with Gasteiger partial charge in [0.2, 0.25) is 5.91 Å². The van der Waals surface area contributed by atoms with Gasteiger partial charge >= 0.3 is 0 Å². The Kier molecular flexibility index (Phi) is 5.61. The van der Waals surface area contributed by atoms with E-state index in [0.717, 1.165) is 60.8 Å². The number of nitrogens with one attached hydrogen (secondary N) is 1. The molecule has 2 aromatic heterocycles. The average molecular weight is 414 g/mol. The summed E-state index contributed by atoms with van der Waals surface area (Å²) in [5.74, 6) is 2.28. The third kappa shape index (κ3) is 4.43. The highest BCUT2D eigenvalue weighted by molar-refractivity contribution is 5.79. The Balaban J connectivity index is 1.45. The Morgan fingerprint density at radius 3 is 2.52 bits per heavy atom. The zero-order valence-corrected chi connectivity index (χ0v) is 17.6. The van der Waals surface area contributed by atoms with Crippen molar-refractivity contribution in [2.45, 2.75) is 38.0 Å². The van der Waals surface area contributed by atoms with Crippen LogP contribution in [0.2, 0.25) is 0 Å². The van der Waals surface area contributed by atoms with Crippen LogP contribution in [0, 0.1) is 5.92 Å². The summed E-state index contributed by atoms with van der Waals surface area (Å²) in [6.45, 7) is 1.56. The lowest BCUT2D eigenvalue weighted by Crippen LogP contribution is -2.44. The number of carbonyl (C=O) groups excluding carboxylic acids is 1. The van der Waals surface area contributed by atoms with Gasteiger partial charge in [0.05, 0.1) is 5.69 Å². The lowest BCUT2D eigenvalue weighted by molar-refractivity contribution is -0.139. The van der Waals surface area contributed by atoms with Gasteiger partial charge in [0.1, 0.15) is 11.6 Å². The second-order valence-corrected chi connectivity index (χ2v) is 8.47. The van der Waals surface area contributed by atoms with Crippen LogP contribution in [0.5, 0.6) is 0 Å². The van der Waals surface area contributed by atoms with Crippen LogP contribution in [0.3, 0.4) is 0 Å². The van der Waals surface area contributed by atoms with Gasteiger partial charge in [-0.2, -0.15) is 0 Å². The third-order valence-corrected chi connectivity index (χ3v) is 6.32. The number of benzene rings is 1. The molecule has 1 N–H and O–H groups in total. The SMILES string of the molecule is O=C(C1CCC1)N1CCCC(c2nc(Nc3ccccc3)cc(-c3ccncc3)n2)C1. The first-order valence-electron chi connectivity index (χ1n) is 11.2. The van der Waals surface area contributed by atoms with Crippen molar-refractivity contribution in [3.63, 3.8) is 0 Å². The molecule has 0 spiro atoms. The van der Waals surface area contributed by atoms with Gasteiger partial charge in [0.15, 0.2) is 0 Å². The average Bonchev–Trinajstić information content (AvgIpc) is 2.79. The van der Waals surface area contributed by atoms with Crippen LogP contribution in [-0.4, -0.2) is 38.8 Å². The van der Waals surface area contributed by atoms with Gasteiger partial charge in [-0.3, -0.25) is 9.78 Å². The molecule has 3 aromatic rings. The van der Waals surface area contributed by atoms with Crippen LogP contribution in [0.4, 0.5) is 11.5 Å². The van der Waals surface area contributed by atoms with E-state index < -0.39 is 0 Å². The van der Waals surface area contributed by atoms with Gasteiger partial charge in [-0.15, -0.1) is 0 Å². The summed E-state index contributed by atoms with van der Waals surface area (Å²) in [5, 5.41) is 3.42. The molecule has 2 fully saturated rings. The lowest BCUT2D eigenvalue weighted by atomic mass is 9.83. The highest BCUT2D eigenvalue weighted by Crippen LogP contribution is 2.33. The molecule has 1 aliphatic carbocycles. The number of piperidine rings is 1. The third-order valence-electron chi connectivity index (χ3n) is 6.32. The smallest absolute Gasteiger partial charge is 0.225 e. The van der Waals surface area contributed by atoms with Crippen molar-refractivity contribution >= 4 is 17.4 Å². The Hall–Kier alpha value is -3.28. The van der Waals surface area contributed by atoms with Crippen LogP contribution in [0.1, 0.15) is 43.8 Å². The van der Waals surface area contributed by atoms with Crippen LogP contribution in [0.15, 0.2) is 60.9 Å². The second kappa shape index (κ2) is 8.84. The lowest BCUT2D eigenvalue weighted by Gasteiger charge is -2.36. The zero-order valence-electron chi connectivity index (χ0n) is 17.6. The molecule has 0 radical (unpaired) electrons. The zero-order chi connectivity index (χ0) is 21.0. The first-order valence-corrected chi connectivity index (χ1v) is 11.2. The van der Waals surface area contributed by atoms with Crippen LogP contribution < -0.4 is 5.32 Å². The monoisotopic (exact) mass is 413 g/mol. The fourth-order valence-electron chi connectivity index (χ4n) is 4.35. The van der Waals surface area contributed by atoms with Crippen molar-refractivity contribution in [1.82, 2.24) is 19.9 Å². The van der Waals surface area contributed by atoms with Gasteiger partial charge < -0.3 is 10.2 Å². The summed E-state index contributed by atoms with van der Waals surface area (Å²) >= 11 is 0. The number of anilines is 2. The highest BCUT2D eigenvalue weighted by atomic mass is 16.2. The van der Waals surface area contributed by atoms with Gasteiger partial charge in [0.25, 0.3) is 0 Å². The molecule has 0 bridgehead atoms. The molecule has 6 nitrogen and oxygen atoms in total. The minimum atomic E-state index is 0.149. The van der Waals surface area contributed by atoms with Crippen LogP contribution in [-0.2, 0) is 4.79 Å². The molecule has 6 heteroatoms. The number of likely N-dealkylation sites (tertiary alicyclic amines) is 1. The molecule has 3 heterocycles. The van der Waals surface area contributed by atoms with Crippen LogP contribution >= 0.6 is 0 Å². The second-order valence-electron chi connectivity index (χ2n) is 8.47. The number of para-hydroxylation sites is 1. The minimum Gasteiger partial charge on any atom is -0.342 e. The molecule has 158 valence electrons. The number of nitrogens with zero attached hydrogens (tertiary/aromatic N) is 4. The van der Waals surface area contributed by atoms with Gasteiger partial charge in [-0.25, -0.2) is 9.97 Å². The number of amides is 1. The molecular formula is C25H27N5O. The first kappa shape index (κ1) is 19.7. The van der Waals surface area contributed by atoms with Crippen molar-refractivity contribution in [2.24, 2.45) is 5.92 Å². The number of pyridine rings is 1. The number of aromatic nitrogens is 3. The van der Waals surface area contributed by atoms with E-state index in [-0.39, 0.29) is 11.8 Å². The topological polar surface area (TPSA) is 71.0 Å². The maximum atomic E-state index is 12.8. The molecule has 1 saturated carbocycles. The van der Waals surface area contributed by atoms with E-state index in [9.17, 15) is 4.79 Å². The van der Waals surface area contributed by atoms with E-state index >= 15 is 0 Å². The fraction of sp³-hybridized carbons (Fsp3) is 0.360. The summed E-state index contributed by atoms with van der Waals surface area (Å²) in [7, 11) is 0. The molecule has 1 amide bonds. The Morgan fingerprint density at radius 2 is 1.77 bits per heavy atom. The summed E-state index contributed by atoms with van der Waals surface area (Å²) in [5.41, 5.74) is 2.86. The minimum absolute atomic E-state index is 0.149. The Bertz CT molecular complexity index is 1040. The fourth-order valence-corrected chi connectivity index (χ4v) is 4.35. The standard InChI is InChI=1S/C25H27N5O/c31-25(19-6-4-7-19)30-15-5-8-20(17-30)24-28-22(18-11-13-26-14-12-18)16-23(29-24)27-21-9-2-1-3-10-21/h1-3,9-14,16,19-20H,4-8,15,17H2,(H,27,28,29). The van der Waals surface area contributed by atoms with E-state index in [2.05, 4.69) is 10.3 Å². The summed E-state index contributed by atoms with van der Waals surface area (Å²) in [6.07, 6.45) is 8.81. The molecule has 5 rings (SSSR count). The van der Waals surface area contributed by atoms with Crippen molar-refractivity contribution in [1.29, 1.82) is 0 Å². The Labute approximate surface area is 182 Å². The number of carbonyl (C=O) groups is 1. The summed E-state index contributed by atoms with van der Waals surface area (Å²) in [4.78, 5) is 28.8. The van der Waals surface area contributed by atoms with E-state index in [1.54, 1.807) is 12.4 Å². The predicted octanol–water partition coefficient (Wildman–Crippen LogP) is 4.79. The molecule has 1 aromatic carbocycles. The van der Waals surface area contributed by atoms with Gasteiger partial charge in [0, 0.05) is 54.6 Å². The summed E-state index contributed by atoms with van der Waals surface area (Å²) < 4.78 is 0. The molecular weight excluding hydrogens is 386 g/mol. The van der Waals surface area contributed by atoms with E-state index in [1.165, 1.54) is 6.42 Å². The molecule has 1 saturated heterocycles. The van der Waals surface area contributed by atoms with Crippen LogP contribution in [0.25, 0.3) is 11.3 Å². The number of hydrogen-bond donors (Lipinski definition) is 1. The molecule has 31 heavy (non-hydrogen) atoms. The number of rotatable bonds is 5. The maximum absolute atomic E-state index is 12.8. The van der Waals surface area contributed by atoms with Crippen molar-refractivity contribution in [3.05, 3.63) is 66.7 Å². The summed E-state index contributed by atoms with van der Waals surface area (Å²) in [6, 6.07) is 15.9. The number of hydrogen-bond acceptors (Lipinski definition) is 5. The Morgan fingerprint density at radius 1 is 0.968 bits per heavy atom. The van der Waals surface area contributed by atoms with Gasteiger partial charge in [-0.05, 0) is 49.9 Å². The first-order chi connectivity index (χ1) is 15.3. The van der Waals surface area contributed by atoms with Crippen molar-refractivity contribution in [3.8, 4) is 11.3 Å². The van der Waals surface area contributed by atoms with Crippen molar-refractivity contribution in [2.75, 3.05) is 18.4 Å². The molecule has 2 aliphatic rings. The van der Waals surface area contributed by atoms with E-state index in [0.29, 0.717) is 12.5 Å². The van der Waals surface area contributed by atoms with E-state index in [4.69, 9.17) is 9.97 Å². The molecule has 1 unspecified atom stereocenters.